The van der Waals surface area contributed by atoms with Gasteiger partial charge in [0.15, 0.2) is 0 Å². The van der Waals surface area contributed by atoms with Gasteiger partial charge in [0.2, 0.25) is 0 Å². The lowest BCUT2D eigenvalue weighted by molar-refractivity contribution is 0.592. The van der Waals surface area contributed by atoms with Crippen LogP contribution in [0.3, 0.4) is 0 Å². The van der Waals surface area contributed by atoms with Crippen LogP contribution in [0.4, 0.5) is 20.4 Å². The van der Waals surface area contributed by atoms with Crippen molar-refractivity contribution in [1.29, 1.82) is 0 Å². The third kappa shape index (κ3) is 4.42. The second kappa shape index (κ2) is 8.78. The fourth-order valence-electron chi connectivity index (χ4n) is 3.46. The van der Waals surface area contributed by atoms with Gasteiger partial charge in [0.05, 0.1) is 0 Å². The van der Waals surface area contributed by atoms with Crippen LogP contribution in [0.25, 0.3) is 22.3 Å². The van der Waals surface area contributed by atoms with E-state index in [1.807, 2.05) is 27.7 Å². The molecule has 0 spiro atoms. The zero-order chi connectivity index (χ0) is 22.0. The highest BCUT2D eigenvalue weighted by Gasteiger charge is 2.22. The molecular formula is C24H28F2N4. The normalized spacial score (nSPS) is 11.3. The summed E-state index contributed by atoms with van der Waals surface area (Å²) in [4.78, 5) is 8.67. The highest BCUT2D eigenvalue weighted by molar-refractivity contribution is 5.78. The average Bonchev–Trinajstić information content (AvgIpc) is 2.68. The lowest BCUT2D eigenvalue weighted by atomic mass is 9.91. The van der Waals surface area contributed by atoms with E-state index in [2.05, 4.69) is 20.6 Å². The standard InChI is InChI=1S/C24H28F2N4/c1-13(2)29-19-9-7-17(11-27-19)21-15(5)24(26)22(16(6)23(21)25)18-8-10-20(28-12-18)30-14(3)4/h7-14H,1-6H3,(H,27,29)(H,28,30). The third-order valence-corrected chi connectivity index (χ3v) is 4.82. The maximum Gasteiger partial charge on any atom is 0.135 e. The predicted octanol–water partition coefficient (Wildman–Crippen LogP) is 6.35. The van der Waals surface area contributed by atoms with Gasteiger partial charge in [-0.2, -0.15) is 0 Å². The van der Waals surface area contributed by atoms with Crippen molar-refractivity contribution in [2.45, 2.75) is 53.6 Å². The van der Waals surface area contributed by atoms with E-state index in [1.54, 1.807) is 50.5 Å². The number of benzene rings is 1. The van der Waals surface area contributed by atoms with Gasteiger partial charge in [-0.05, 0) is 76.9 Å². The van der Waals surface area contributed by atoms with Crippen molar-refractivity contribution in [2.24, 2.45) is 0 Å². The molecule has 0 saturated carbocycles. The number of aromatic nitrogens is 2. The van der Waals surface area contributed by atoms with Gasteiger partial charge in [-0.25, -0.2) is 18.7 Å². The summed E-state index contributed by atoms with van der Waals surface area (Å²) >= 11 is 0. The molecule has 2 N–H and O–H groups in total. The van der Waals surface area contributed by atoms with Gasteiger partial charge >= 0.3 is 0 Å². The van der Waals surface area contributed by atoms with Crippen molar-refractivity contribution in [2.75, 3.05) is 10.6 Å². The highest BCUT2D eigenvalue weighted by Crippen LogP contribution is 2.37. The summed E-state index contributed by atoms with van der Waals surface area (Å²) in [6, 6.07) is 7.54. The molecule has 0 aliphatic rings. The van der Waals surface area contributed by atoms with Gasteiger partial charge in [0.25, 0.3) is 0 Å². The Bertz CT molecular complexity index is 913. The predicted molar refractivity (Wildman–Crippen MR) is 120 cm³/mol. The van der Waals surface area contributed by atoms with Crippen molar-refractivity contribution >= 4 is 11.6 Å². The maximum absolute atomic E-state index is 15.4. The molecule has 3 rings (SSSR count). The summed E-state index contributed by atoms with van der Waals surface area (Å²) in [7, 11) is 0. The molecule has 3 aromatic rings. The van der Waals surface area contributed by atoms with Gasteiger partial charge < -0.3 is 10.6 Å². The molecule has 2 aromatic heterocycles. The lowest BCUT2D eigenvalue weighted by Gasteiger charge is -2.17. The number of anilines is 2. The van der Waals surface area contributed by atoms with Crippen LogP contribution in [0.2, 0.25) is 0 Å². The molecule has 0 atom stereocenters. The minimum absolute atomic E-state index is 0.233. The van der Waals surface area contributed by atoms with Gasteiger partial charge in [0, 0.05) is 46.7 Å². The van der Waals surface area contributed by atoms with E-state index in [1.165, 1.54) is 0 Å². The van der Waals surface area contributed by atoms with Crippen molar-refractivity contribution in [1.82, 2.24) is 9.97 Å². The molecule has 158 valence electrons. The van der Waals surface area contributed by atoms with E-state index in [-0.39, 0.29) is 34.3 Å². The molecule has 4 nitrogen and oxygen atoms in total. The van der Waals surface area contributed by atoms with Crippen LogP contribution in [-0.2, 0) is 0 Å². The molecule has 2 heterocycles. The van der Waals surface area contributed by atoms with Crippen LogP contribution in [0, 0.1) is 25.5 Å². The van der Waals surface area contributed by atoms with Gasteiger partial charge in [-0.1, -0.05) is 0 Å². The minimum Gasteiger partial charge on any atom is -0.368 e. The Kier molecular flexibility index (Phi) is 6.34. The fraction of sp³-hybridized carbons (Fsp3) is 0.333. The van der Waals surface area contributed by atoms with E-state index in [0.29, 0.717) is 22.8 Å². The Hall–Kier alpha value is -3.02. The average molecular weight is 411 g/mol. The quantitative estimate of drug-likeness (QED) is 0.497. The molecule has 0 radical (unpaired) electrons. The first-order valence-electron chi connectivity index (χ1n) is 10.1. The number of pyridine rings is 2. The van der Waals surface area contributed by atoms with Crippen LogP contribution in [0.5, 0.6) is 0 Å². The third-order valence-electron chi connectivity index (χ3n) is 4.82. The molecule has 0 aliphatic carbocycles. The summed E-state index contributed by atoms with van der Waals surface area (Å²) in [5.74, 6) is 0.503. The molecule has 0 bridgehead atoms. The van der Waals surface area contributed by atoms with Crippen LogP contribution >= 0.6 is 0 Å². The van der Waals surface area contributed by atoms with Crippen LogP contribution < -0.4 is 10.6 Å². The van der Waals surface area contributed by atoms with Crippen molar-refractivity contribution in [3.63, 3.8) is 0 Å². The summed E-state index contributed by atoms with van der Waals surface area (Å²) in [6.45, 7) is 11.2. The Labute approximate surface area is 176 Å². The molecule has 30 heavy (non-hydrogen) atoms. The fourth-order valence-corrected chi connectivity index (χ4v) is 3.46. The van der Waals surface area contributed by atoms with Crippen LogP contribution in [0.15, 0.2) is 36.7 Å². The number of hydrogen-bond donors (Lipinski definition) is 2. The van der Waals surface area contributed by atoms with Gasteiger partial charge in [0.1, 0.15) is 23.3 Å². The second-order valence-corrected chi connectivity index (χ2v) is 8.09. The van der Waals surface area contributed by atoms with Crippen molar-refractivity contribution < 1.29 is 8.78 Å². The Morgan fingerprint density at radius 2 is 1.03 bits per heavy atom. The van der Waals surface area contributed by atoms with Gasteiger partial charge in [-0.3, -0.25) is 0 Å². The monoisotopic (exact) mass is 410 g/mol. The molecule has 0 amide bonds. The minimum atomic E-state index is -0.445. The molecule has 0 fully saturated rings. The highest BCUT2D eigenvalue weighted by atomic mass is 19.1. The smallest absolute Gasteiger partial charge is 0.135 e. The molecule has 0 aliphatic heterocycles. The molecule has 6 heteroatoms. The first-order valence-corrected chi connectivity index (χ1v) is 10.1. The zero-order valence-corrected chi connectivity index (χ0v) is 18.3. The number of nitrogens with one attached hydrogen (secondary N) is 2. The number of halogens is 2. The number of nitrogens with zero attached hydrogens (tertiary/aromatic N) is 2. The molecule has 0 unspecified atom stereocenters. The maximum atomic E-state index is 15.4. The summed E-state index contributed by atoms with van der Waals surface area (Å²) < 4.78 is 30.8. The van der Waals surface area contributed by atoms with E-state index >= 15 is 8.78 Å². The van der Waals surface area contributed by atoms with Crippen LogP contribution in [0.1, 0.15) is 38.8 Å². The second-order valence-electron chi connectivity index (χ2n) is 8.09. The summed E-state index contributed by atoms with van der Waals surface area (Å²) in [5, 5.41) is 6.38. The Balaban J connectivity index is 2.04. The van der Waals surface area contributed by atoms with Gasteiger partial charge in [-0.15, -0.1) is 0 Å². The first-order chi connectivity index (χ1) is 14.2. The van der Waals surface area contributed by atoms with E-state index in [0.717, 1.165) is 0 Å². The van der Waals surface area contributed by atoms with E-state index < -0.39 is 11.6 Å². The largest absolute Gasteiger partial charge is 0.368 e. The summed E-state index contributed by atoms with van der Waals surface area (Å²) in [6.07, 6.45) is 3.14. The number of rotatable bonds is 6. The first kappa shape index (κ1) is 21.7. The SMILES string of the molecule is Cc1c(F)c(-c2ccc(NC(C)C)nc2)c(C)c(F)c1-c1ccc(NC(C)C)nc1. The topological polar surface area (TPSA) is 49.8 Å². The lowest BCUT2D eigenvalue weighted by Crippen LogP contribution is -2.11. The number of hydrogen-bond acceptors (Lipinski definition) is 4. The summed E-state index contributed by atoms with van der Waals surface area (Å²) in [5.41, 5.74) is 2.07. The Morgan fingerprint density at radius 3 is 1.30 bits per heavy atom. The van der Waals surface area contributed by atoms with Crippen LogP contribution in [-0.4, -0.2) is 22.1 Å². The van der Waals surface area contributed by atoms with Crippen molar-refractivity contribution in [3.8, 4) is 22.3 Å². The zero-order valence-electron chi connectivity index (χ0n) is 18.3. The van der Waals surface area contributed by atoms with E-state index in [4.69, 9.17) is 0 Å². The molecule has 1 aromatic carbocycles. The Morgan fingerprint density at radius 1 is 0.667 bits per heavy atom. The van der Waals surface area contributed by atoms with Crippen molar-refractivity contribution in [3.05, 3.63) is 59.4 Å². The molecular weight excluding hydrogens is 382 g/mol. The van der Waals surface area contributed by atoms with E-state index in [9.17, 15) is 0 Å². The molecule has 0 saturated heterocycles.